The Kier molecular flexibility index (Phi) is 9.05. The van der Waals surface area contributed by atoms with Crippen LogP contribution in [0, 0.1) is 9.49 Å². The molecular formula is C21H28INO2S. The van der Waals surface area contributed by atoms with E-state index in [0.29, 0.717) is 5.92 Å². The Hall–Kier alpha value is -0.950. The molecule has 0 saturated carbocycles. The lowest BCUT2D eigenvalue weighted by Crippen LogP contribution is -2.09. The summed E-state index contributed by atoms with van der Waals surface area (Å²) in [4.78, 5) is 5.95. The average Bonchev–Trinajstić information content (AvgIpc) is 2.63. The summed E-state index contributed by atoms with van der Waals surface area (Å²) in [6.45, 7) is 5.00. The van der Waals surface area contributed by atoms with Gasteiger partial charge in [0, 0.05) is 21.4 Å². The number of aliphatic imine (C=N–C) groups is 1. The van der Waals surface area contributed by atoms with Crippen LogP contribution in [0.4, 0.5) is 0 Å². The van der Waals surface area contributed by atoms with Gasteiger partial charge in [-0.25, -0.2) is 0 Å². The summed E-state index contributed by atoms with van der Waals surface area (Å²) in [6, 6.07) is 4.08. The van der Waals surface area contributed by atoms with Crippen LogP contribution in [-0.2, 0) is 0 Å². The van der Waals surface area contributed by atoms with Gasteiger partial charge in [0.25, 0.3) is 0 Å². The van der Waals surface area contributed by atoms with Crippen molar-refractivity contribution in [2.45, 2.75) is 44.4 Å². The minimum atomic E-state index is 0.575. The van der Waals surface area contributed by atoms with Crippen molar-refractivity contribution in [3.05, 3.63) is 39.5 Å². The molecular weight excluding hydrogens is 457 g/mol. The van der Waals surface area contributed by atoms with E-state index in [1.807, 2.05) is 6.07 Å². The van der Waals surface area contributed by atoms with Gasteiger partial charge in [-0.1, -0.05) is 35.6 Å². The number of rotatable bonds is 7. The van der Waals surface area contributed by atoms with Gasteiger partial charge in [0.15, 0.2) is 11.5 Å². The molecule has 0 bridgehead atoms. The molecule has 1 aromatic carbocycles. The van der Waals surface area contributed by atoms with Gasteiger partial charge in [0.1, 0.15) is 0 Å². The Morgan fingerprint density at radius 3 is 2.69 bits per heavy atom. The van der Waals surface area contributed by atoms with E-state index in [2.05, 4.69) is 60.7 Å². The van der Waals surface area contributed by atoms with Gasteiger partial charge in [-0.3, -0.25) is 4.99 Å². The Labute approximate surface area is 175 Å². The third-order valence-corrected chi connectivity index (χ3v) is 6.66. The first-order valence-electron chi connectivity index (χ1n) is 9.07. The Morgan fingerprint density at radius 1 is 1.31 bits per heavy atom. The standard InChI is InChI=1S/C21H28INO2S/c1-5-8-15-9-7-10-16(11-15)12-21(23-6-2)26-20-14-19(25-4)18(24-3)13-17(20)22/h5,8,11,13-14,16H,6-7,9-10,12H2,1-4H3/b8-5+,23-21?. The first-order chi connectivity index (χ1) is 12.6. The predicted molar refractivity (Wildman–Crippen MR) is 121 cm³/mol. The maximum Gasteiger partial charge on any atom is 0.161 e. The summed E-state index contributed by atoms with van der Waals surface area (Å²) in [5.74, 6) is 2.10. The number of hydrogen-bond donors (Lipinski definition) is 0. The zero-order valence-electron chi connectivity index (χ0n) is 16.0. The fourth-order valence-corrected chi connectivity index (χ4v) is 4.97. The summed E-state index contributed by atoms with van der Waals surface area (Å²) < 4.78 is 12.0. The van der Waals surface area contributed by atoms with E-state index in [1.54, 1.807) is 26.0 Å². The molecule has 0 aromatic heterocycles. The predicted octanol–water partition coefficient (Wildman–Crippen LogP) is 6.51. The van der Waals surface area contributed by atoms with E-state index in [-0.39, 0.29) is 0 Å². The van der Waals surface area contributed by atoms with Crippen LogP contribution < -0.4 is 9.47 Å². The quantitative estimate of drug-likeness (QED) is 0.191. The molecule has 1 aromatic rings. The van der Waals surface area contributed by atoms with Crippen LogP contribution in [0.15, 0.2) is 45.8 Å². The monoisotopic (exact) mass is 485 g/mol. The molecule has 0 radical (unpaired) electrons. The van der Waals surface area contributed by atoms with Crippen LogP contribution in [-0.4, -0.2) is 25.8 Å². The summed E-state index contributed by atoms with van der Waals surface area (Å²) in [7, 11) is 3.35. The van der Waals surface area contributed by atoms with E-state index < -0.39 is 0 Å². The third kappa shape index (κ3) is 6.05. The molecule has 3 nitrogen and oxygen atoms in total. The van der Waals surface area contributed by atoms with Crippen molar-refractivity contribution >= 4 is 39.4 Å². The molecule has 0 fully saturated rings. The maximum atomic E-state index is 5.47. The first-order valence-corrected chi connectivity index (χ1v) is 11.0. The number of benzene rings is 1. The van der Waals surface area contributed by atoms with Gasteiger partial charge in [-0.2, -0.15) is 0 Å². The first kappa shape index (κ1) is 21.4. The number of ether oxygens (including phenoxy) is 2. The number of methoxy groups -OCH3 is 2. The van der Waals surface area contributed by atoms with Crippen LogP contribution in [0.5, 0.6) is 11.5 Å². The molecule has 1 atom stereocenters. The molecule has 5 heteroatoms. The average molecular weight is 485 g/mol. The second-order valence-corrected chi connectivity index (χ2v) is 8.48. The van der Waals surface area contributed by atoms with Crippen molar-refractivity contribution in [1.82, 2.24) is 0 Å². The lowest BCUT2D eigenvalue weighted by Gasteiger charge is -2.21. The van der Waals surface area contributed by atoms with Crippen LogP contribution in [0.25, 0.3) is 0 Å². The normalized spacial score (nSPS) is 18.1. The van der Waals surface area contributed by atoms with Crippen molar-refractivity contribution in [1.29, 1.82) is 0 Å². The SMILES string of the molecule is C/C=C/C1=CC(CC(=NCC)Sc2cc(OC)c(OC)cc2I)CCC1. The summed E-state index contributed by atoms with van der Waals surface area (Å²) in [5, 5.41) is 1.20. The Morgan fingerprint density at radius 2 is 2.04 bits per heavy atom. The van der Waals surface area contributed by atoms with E-state index in [0.717, 1.165) is 28.0 Å². The number of thioether (sulfide) groups is 1. The molecule has 0 aliphatic heterocycles. The molecule has 1 unspecified atom stereocenters. The minimum absolute atomic E-state index is 0.575. The highest BCUT2D eigenvalue weighted by molar-refractivity contribution is 14.1. The Bertz CT molecular complexity index is 697. The molecule has 1 aliphatic carbocycles. The summed E-state index contributed by atoms with van der Waals surface area (Å²) in [6.07, 6.45) is 11.5. The van der Waals surface area contributed by atoms with Crippen LogP contribution >= 0.6 is 34.4 Å². The minimum Gasteiger partial charge on any atom is -0.493 e. The molecule has 0 heterocycles. The molecule has 26 heavy (non-hydrogen) atoms. The highest BCUT2D eigenvalue weighted by atomic mass is 127. The van der Waals surface area contributed by atoms with E-state index in [1.165, 1.54) is 34.8 Å². The maximum absolute atomic E-state index is 5.47. The molecule has 0 amide bonds. The zero-order chi connectivity index (χ0) is 18.9. The third-order valence-electron chi connectivity index (χ3n) is 4.31. The van der Waals surface area contributed by atoms with Crippen LogP contribution in [0.1, 0.15) is 39.5 Å². The van der Waals surface area contributed by atoms with Crippen molar-refractivity contribution in [3.8, 4) is 11.5 Å². The number of nitrogens with zero attached hydrogens (tertiary/aromatic N) is 1. The fourth-order valence-electron chi connectivity index (χ4n) is 3.13. The largest absolute Gasteiger partial charge is 0.493 e. The second kappa shape index (κ2) is 11.0. The topological polar surface area (TPSA) is 30.8 Å². The van der Waals surface area contributed by atoms with Gasteiger partial charge in [0.2, 0.25) is 0 Å². The highest BCUT2D eigenvalue weighted by Crippen LogP contribution is 2.38. The number of hydrogen-bond acceptors (Lipinski definition) is 4. The van der Waals surface area contributed by atoms with Crippen molar-refractivity contribution in [2.24, 2.45) is 10.9 Å². The summed E-state index contributed by atoms with van der Waals surface area (Å²) in [5.41, 5.74) is 1.46. The van der Waals surface area contributed by atoms with E-state index >= 15 is 0 Å². The smallest absolute Gasteiger partial charge is 0.161 e. The zero-order valence-corrected chi connectivity index (χ0v) is 19.0. The highest BCUT2D eigenvalue weighted by Gasteiger charge is 2.18. The van der Waals surface area contributed by atoms with Crippen molar-refractivity contribution in [2.75, 3.05) is 20.8 Å². The molecule has 142 valence electrons. The van der Waals surface area contributed by atoms with Crippen LogP contribution in [0.3, 0.4) is 0 Å². The second-order valence-electron chi connectivity index (χ2n) is 6.21. The molecule has 2 rings (SSSR count). The van der Waals surface area contributed by atoms with Gasteiger partial charge in [-0.15, -0.1) is 0 Å². The fraction of sp³-hybridized carbons (Fsp3) is 0.476. The van der Waals surface area contributed by atoms with Gasteiger partial charge >= 0.3 is 0 Å². The molecule has 1 aliphatic rings. The van der Waals surface area contributed by atoms with Crippen molar-refractivity contribution in [3.63, 3.8) is 0 Å². The number of allylic oxidation sites excluding steroid dienone is 4. The lowest BCUT2D eigenvalue weighted by atomic mass is 9.88. The molecule has 0 N–H and O–H groups in total. The number of halogens is 1. The molecule has 0 saturated heterocycles. The summed E-state index contributed by atoms with van der Waals surface area (Å²) >= 11 is 4.11. The van der Waals surface area contributed by atoms with Crippen molar-refractivity contribution < 1.29 is 9.47 Å². The van der Waals surface area contributed by atoms with E-state index in [9.17, 15) is 0 Å². The lowest BCUT2D eigenvalue weighted by molar-refractivity contribution is 0.353. The van der Waals surface area contributed by atoms with Crippen LogP contribution in [0.2, 0.25) is 0 Å². The van der Waals surface area contributed by atoms with Gasteiger partial charge < -0.3 is 9.47 Å². The van der Waals surface area contributed by atoms with Gasteiger partial charge in [-0.05, 0) is 73.8 Å². The van der Waals surface area contributed by atoms with E-state index in [4.69, 9.17) is 14.5 Å². The molecule has 0 spiro atoms. The Balaban J connectivity index is 2.19. The van der Waals surface area contributed by atoms with Gasteiger partial charge in [0.05, 0.1) is 19.3 Å².